The first-order valence-electron chi connectivity index (χ1n) is 7.40. The Bertz CT molecular complexity index is 566. The standard InChI is InChI=1S/C17H22N2O2/c1-4-6-7-13-8-9-15-14(11-13)16(18-12(3)20)17(21)19(15)10-5-2/h5,8-9,11,16H,2,4,6-7,10H2,1,3H3,(H,18,20)/t16-/m1/s1. The molecule has 112 valence electrons. The summed E-state index contributed by atoms with van der Waals surface area (Å²) in [5.41, 5.74) is 2.98. The summed E-state index contributed by atoms with van der Waals surface area (Å²) in [5, 5.41) is 2.75. The van der Waals surface area contributed by atoms with Crippen LogP contribution in [-0.2, 0) is 16.0 Å². The first-order valence-corrected chi connectivity index (χ1v) is 7.40. The summed E-state index contributed by atoms with van der Waals surface area (Å²) >= 11 is 0. The van der Waals surface area contributed by atoms with Gasteiger partial charge in [0.1, 0.15) is 6.04 Å². The minimum absolute atomic E-state index is 0.0901. The van der Waals surface area contributed by atoms with Crippen molar-refractivity contribution < 1.29 is 9.59 Å². The number of nitrogens with zero attached hydrogens (tertiary/aromatic N) is 1. The Morgan fingerprint density at radius 2 is 2.24 bits per heavy atom. The molecule has 1 aromatic rings. The van der Waals surface area contributed by atoms with Crippen LogP contribution in [0.4, 0.5) is 5.69 Å². The van der Waals surface area contributed by atoms with E-state index in [0.717, 1.165) is 30.5 Å². The van der Waals surface area contributed by atoms with Crippen LogP contribution in [0.2, 0.25) is 0 Å². The van der Waals surface area contributed by atoms with E-state index in [9.17, 15) is 9.59 Å². The second-order valence-electron chi connectivity index (χ2n) is 5.37. The van der Waals surface area contributed by atoms with Crippen molar-refractivity contribution in [2.24, 2.45) is 0 Å². The smallest absolute Gasteiger partial charge is 0.254 e. The summed E-state index contributed by atoms with van der Waals surface area (Å²) in [5.74, 6) is -0.286. The number of carbonyl (C=O) groups excluding carboxylic acids is 2. The van der Waals surface area contributed by atoms with Gasteiger partial charge in [0.2, 0.25) is 5.91 Å². The molecule has 0 spiro atoms. The van der Waals surface area contributed by atoms with Gasteiger partial charge in [-0.3, -0.25) is 9.59 Å². The van der Waals surface area contributed by atoms with Crippen LogP contribution < -0.4 is 10.2 Å². The third-order valence-corrected chi connectivity index (χ3v) is 3.69. The minimum atomic E-state index is -0.570. The molecule has 0 saturated heterocycles. The van der Waals surface area contributed by atoms with Crippen molar-refractivity contribution in [1.82, 2.24) is 5.32 Å². The van der Waals surface area contributed by atoms with E-state index in [4.69, 9.17) is 0 Å². The van der Waals surface area contributed by atoms with Gasteiger partial charge in [0, 0.05) is 24.7 Å². The van der Waals surface area contributed by atoms with Crippen LogP contribution in [0, 0.1) is 0 Å². The summed E-state index contributed by atoms with van der Waals surface area (Å²) < 4.78 is 0. The van der Waals surface area contributed by atoms with E-state index in [2.05, 4.69) is 24.9 Å². The summed E-state index contributed by atoms with van der Waals surface area (Å²) in [6.07, 6.45) is 4.94. The molecule has 4 nitrogen and oxygen atoms in total. The van der Waals surface area contributed by atoms with E-state index < -0.39 is 6.04 Å². The van der Waals surface area contributed by atoms with Gasteiger partial charge in [0.05, 0.1) is 0 Å². The normalized spacial score (nSPS) is 16.8. The van der Waals surface area contributed by atoms with Crippen LogP contribution in [0.15, 0.2) is 30.9 Å². The lowest BCUT2D eigenvalue weighted by Crippen LogP contribution is -2.36. The molecule has 0 unspecified atom stereocenters. The monoisotopic (exact) mass is 286 g/mol. The lowest BCUT2D eigenvalue weighted by Gasteiger charge is -2.15. The van der Waals surface area contributed by atoms with Crippen molar-refractivity contribution in [3.63, 3.8) is 0 Å². The fourth-order valence-electron chi connectivity index (χ4n) is 2.69. The second kappa shape index (κ2) is 6.57. The number of carbonyl (C=O) groups is 2. The highest BCUT2D eigenvalue weighted by Crippen LogP contribution is 2.36. The summed E-state index contributed by atoms with van der Waals surface area (Å²) in [7, 11) is 0. The Hall–Kier alpha value is -2.10. The molecule has 21 heavy (non-hydrogen) atoms. The fourth-order valence-corrected chi connectivity index (χ4v) is 2.69. The maximum atomic E-state index is 12.5. The predicted octanol–water partition coefficient (Wildman–Crippen LogP) is 2.74. The number of amides is 2. The van der Waals surface area contributed by atoms with Gasteiger partial charge in [-0.1, -0.05) is 31.6 Å². The number of anilines is 1. The average molecular weight is 286 g/mol. The zero-order valence-electron chi connectivity index (χ0n) is 12.7. The number of nitrogens with one attached hydrogen (secondary N) is 1. The van der Waals surface area contributed by atoms with Crippen LogP contribution in [0.1, 0.15) is 43.9 Å². The molecule has 0 radical (unpaired) electrons. The van der Waals surface area contributed by atoms with Crippen molar-refractivity contribution in [3.05, 3.63) is 42.0 Å². The van der Waals surface area contributed by atoms with Gasteiger partial charge in [-0.15, -0.1) is 6.58 Å². The Morgan fingerprint density at radius 3 is 2.86 bits per heavy atom. The third-order valence-electron chi connectivity index (χ3n) is 3.69. The van der Waals surface area contributed by atoms with Crippen molar-refractivity contribution in [1.29, 1.82) is 0 Å². The van der Waals surface area contributed by atoms with Gasteiger partial charge in [0.25, 0.3) is 5.91 Å². The van der Waals surface area contributed by atoms with Gasteiger partial charge in [-0.25, -0.2) is 0 Å². The molecule has 0 bridgehead atoms. The minimum Gasteiger partial charge on any atom is -0.341 e. The molecule has 1 aromatic carbocycles. The van der Waals surface area contributed by atoms with E-state index in [1.165, 1.54) is 12.5 Å². The quantitative estimate of drug-likeness (QED) is 0.817. The van der Waals surface area contributed by atoms with Gasteiger partial charge >= 0.3 is 0 Å². The zero-order chi connectivity index (χ0) is 15.4. The van der Waals surface area contributed by atoms with Gasteiger partial charge in [-0.05, 0) is 24.5 Å². The molecule has 1 atom stereocenters. The van der Waals surface area contributed by atoms with E-state index in [1.54, 1.807) is 11.0 Å². The molecule has 2 amide bonds. The molecule has 1 heterocycles. The number of rotatable bonds is 6. The Morgan fingerprint density at radius 1 is 1.48 bits per heavy atom. The number of fused-ring (bicyclic) bond motifs is 1. The summed E-state index contributed by atoms with van der Waals surface area (Å²) in [6.45, 7) is 7.74. The van der Waals surface area contributed by atoms with Crippen molar-refractivity contribution in [3.8, 4) is 0 Å². The van der Waals surface area contributed by atoms with Gasteiger partial charge < -0.3 is 10.2 Å². The maximum absolute atomic E-state index is 12.5. The molecule has 1 aliphatic rings. The molecule has 0 fully saturated rings. The molecule has 4 heteroatoms. The van der Waals surface area contributed by atoms with E-state index >= 15 is 0 Å². The molecule has 1 N–H and O–H groups in total. The van der Waals surface area contributed by atoms with E-state index in [0.29, 0.717) is 6.54 Å². The first-order chi connectivity index (χ1) is 10.1. The Balaban J connectivity index is 2.37. The highest BCUT2D eigenvalue weighted by Gasteiger charge is 2.37. The molecular formula is C17H22N2O2. The number of hydrogen-bond acceptors (Lipinski definition) is 2. The lowest BCUT2D eigenvalue weighted by molar-refractivity contribution is -0.126. The number of aryl methyl sites for hydroxylation is 1. The van der Waals surface area contributed by atoms with E-state index in [-0.39, 0.29) is 11.8 Å². The lowest BCUT2D eigenvalue weighted by atomic mass is 10.0. The van der Waals surface area contributed by atoms with Crippen molar-refractivity contribution >= 4 is 17.5 Å². The van der Waals surface area contributed by atoms with Gasteiger partial charge in [0.15, 0.2) is 0 Å². The van der Waals surface area contributed by atoms with E-state index in [1.807, 2.05) is 12.1 Å². The first kappa shape index (κ1) is 15.3. The number of benzene rings is 1. The van der Waals surface area contributed by atoms with Crippen LogP contribution in [0.25, 0.3) is 0 Å². The number of hydrogen-bond donors (Lipinski definition) is 1. The van der Waals surface area contributed by atoms with Crippen molar-refractivity contribution in [2.75, 3.05) is 11.4 Å². The highest BCUT2D eigenvalue weighted by molar-refractivity contribution is 6.06. The van der Waals surface area contributed by atoms with Crippen LogP contribution in [-0.4, -0.2) is 18.4 Å². The third kappa shape index (κ3) is 3.15. The van der Waals surface area contributed by atoms with Crippen LogP contribution >= 0.6 is 0 Å². The average Bonchev–Trinajstić information content (AvgIpc) is 2.70. The molecule has 0 saturated carbocycles. The molecule has 0 aromatic heterocycles. The van der Waals surface area contributed by atoms with Crippen LogP contribution in [0.5, 0.6) is 0 Å². The summed E-state index contributed by atoms with van der Waals surface area (Å²) in [6, 6.07) is 5.52. The maximum Gasteiger partial charge on any atom is 0.254 e. The predicted molar refractivity (Wildman–Crippen MR) is 84.2 cm³/mol. The molecule has 0 aliphatic carbocycles. The zero-order valence-corrected chi connectivity index (χ0v) is 12.7. The topological polar surface area (TPSA) is 49.4 Å². The summed E-state index contributed by atoms with van der Waals surface area (Å²) in [4.78, 5) is 25.5. The Kier molecular flexibility index (Phi) is 4.78. The molecule has 1 aliphatic heterocycles. The van der Waals surface area contributed by atoms with Crippen LogP contribution in [0.3, 0.4) is 0 Å². The van der Waals surface area contributed by atoms with Gasteiger partial charge in [-0.2, -0.15) is 0 Å². The Labute approximate surface area is 125 Å². The second-order valence-corrected chi connectivity index (χ2v) is 5.37. The largest absolute Gasteiger partial charge is 0.341 e. The number of unbranched alkanes of at least 4 members (excludes halogenated alkanes) is 1. The fraction of sp³-hybridized carbons (Fsp3) is 0.412. The van der Waals surface area contributed by atoms with Crippen molar-refractivity contribution in [2.45, 2.75) is 39.2 Å². The highest BCUT2D eigenvalue weighted by atomic mass is 16.2. The SMILES string of the molecule is C=CCN1C(=O)[C@H](NC(C)=O)c2cc(CCCC)ccc21. The molecule has 2 rings (SSSR count). The molecular weight excluding hydrogens is 264 g/mol.